The third-order valence-corrected chi connectivity index (χ3v) is 4.04. The third kappa shape index (κ3) is 3.37. The molecule has 0 unspecified atom stereocenters. The molecular formula is C20H19N3O3. The van der Waals surface area contributed by atoms with E-state index < -0.39 is 0 Å². The van der Waals surface area contributed by atoms with E-state index in [1.807, 2.05) is 54.6 Å². The van der Waals surface area contributed by atoms with Gasteiger partial charge in [0.25, 0.3) is 0 Å². The van der Waals surface area contributed by atoms with Gasteiger partial charge in [-0.2, -0.15) is 0 Å². The molecular weight excluding hydrogens is 330 g/mol. The lowest BCUT2D eigenvalue weighted by atomic mass is 10.1. The van der Waals surface area contributed by atoms with Crippen LogP contribution in [0.3, 0.4) is 0 Å². The van der Waals surface area contributed by atoms with Crippen LogP contribution in [-0.2, 0) is 4.74 Å². The number of nitrogens with zero attached hydrogens (tertiary/aromatic N) is 2. The Kier molecular flexibility index (Phi) is 4.77. The molecule has 4 aromatic rings. The third-order valence-electron chi connectivity index (χ3n) is 4.04. The predicted molar refractivity (Wildman–Crippen MR) is 100 cm³/mol. The van der Waals surface area contributed by atoms with Crippen molar-refractivity contribution >= 4 is 21.9 Å². The molecule has 0 saturated heterocycles. The maximum Gasteiger partial charge on any atom is 0.225 e. The lowest BCUT2D eigenvalue weighted by Crippen LogP contribution is -2.10. The number of para-hydroxylation sites is 3. The molecule has 6 nitrogen and oxygen atoms in total. The summed E-state index contributed by atoms with van der Waals surface area (Å²) >= 11 is 0. The maximum absolute atomic E-state index is 8.77. The minimum atomic E-state index is -0.00153. The largest absolute Gasteiger partial charge is 0.475 e. The number of pyridine rings is 1. The number of aromatic nitrogens is 3. The SMILES string of the molecule is OCCOCCOc1nc2ccccc2cc1-c1nc2ccccc2[nH]1. The molecule has 26 heavy (non-hydrogen) atoms. The van der Waals surface area contributed by atoms with Crippen LogP contribution in [0.1, 0.15) is 0 Å². The average molecular weight is 349 g/mol. The molecule has 0 radical (unpaired) electrons. The topological polar surface area (TPSA) is 80.3 Å². The van der Waals surface area contributed by atoms with Crippen molar-refractivity contribution in [2.75, 3.05) is 26.4 Å². The summed E-state index contributed by atoms with van der Waals surface area (Å²) in [5.74, 6) is 1.23. The van der Waals surface area contributed by atoms with Crippen LogP contribution < -0.4 is 4.74 Å². The Labute approximate surface area is 150 Å². The molecule has 0 aliphatic rings. The van der Waals surface area contributed by atoms with Crippen LogP contribution in [0.4, 0.5) is 0 Å². The van der Waals surface area contributed by atoms with E-state index in [4.69, 9.17) is 14.6 Å². The zero-order chi connectivity index (χ0) is 17.8. The quantitative estimate of drug-likeness (QED) is 0.501. The first-order valence-electron chi connectivity index (χ1n) is 8.51. The molecule has 0 spiro atoms. The molecule has 0 aliphatic carbocycles. The summed E-state index contributed by atoms with van der Waals surface area (Å²) in [5.41, 5.74) is 3.53. The Morgan fingerprint density at radius 1 is 0.885 bits per heavy atom. The van der Waals surface area contributed by atoms with E-state index in [9.17, 15) is 0 Å². The number of aliphatic hydroxyl groups is 1. The molecule has 132 valence electrons. The standard InChI is InChI=1S/C20H19N3O3/c24-9-10-25-11-12-26-20-15(13-14-5-1-2-6-16(14)23-20)19-21-17-7-3-4-8-18(17)22-19/h1-8,13,24H,9-12H2,(H,21,22). The zero-order valence-corrected chi connectivity index (χ0v) is 14.2. The van der Waals surface area contributed by atoms with E-state index in [0.29, 0.717) is 25.7 Å². The van der Waals surface area contributed by atoms with Crippen molar-refractivity contribution in [2.45, 2.75) is 0 Å². The van der Waals surface area contributed by atoms with Gasteiger partial charge in [0.15, 0.2) is 0 Å². The minimum Gasteiger partial charge on any atom is -0.475 e. The number of fused-ring (bicyclic) bond motifs is 2. The minimum absolute atomic E-state index is 0.00153. The molecule has 6 heteroatoms. The van der Waals surface area contributed by atoms with E-state index in [2.05, 4.69) is 15.0 Å². The van der Waals surface area contributed by atoms with Crippen molar-refractivity contribution in [1.29, 1.82) is 0 Å². The van der Waals surface area contributed by atoms with E-state index in [1.54, 1.807) is 0 Å². The molecule has 0 fully saturated rings. The van der Waals surface area contributed by atoms with Gasteiger partial charge in [-0.15, -0.1) is 0 Å². The number of aromatic amines is 1. The van der Waals surface area contributed by atoms with E-state index in [0.717, 1.165) is 33.3 Å². The molecule has 4 rings (SSSR count). The van der Waals surface area contributed by atoms with Crippen LogP contribution in [-0.4, -0.2) is 46.5 Å². The van der Waals surface area contributed by atoms with E-state index in [1.165, 1.54) is 0 Å². The summed E-state index contributed by atoms with van der Waals surface area (Å²) in [5, 5.41) is 9.79. The van der Waals surface area contributed by atoms with Crippen LogP contribution in [0.15, 0.2) is 54.6 Å². The Morgan fingerprint density at radius 2 is 1.69 bits per heavy atom. The summed E-state index contributed by atoms with van der Waals surface area (Å²) in [4.78, 5) is 12.7. The van der Waals surface area contributed by atoms with Crippen LogP contribution in [0.2, 0.25) is 0 Å². The van der Waals surface area contributed by atoms with Gasteiger partial charge >= 0.3 is 0 Å². The van der Waals surface area contributed by atoms with Gasteiger partial charge in [0, 0.05) is 5.39 Å². The van der Waals surface area contributed by atoms with Crippen LogP contribution >= 0.6 is 0 Å². The monoisotopic (exact) mass is 349 g/mol. The highest BCUT2D eigenvalue weighted by Crippen LogP contribution is 2.31. The molecule has 0 bridgehead atoms. The number of benzene rings is 2. The van der Waals surface area contributed by atoms with E-state index in [-0.39, 0.29) is 6.61 Å². The molecule has 2 N–H and O–H groups in total. The van der Waals surface area contributed by atoms with Gasteiger partial charge in [-0.25, -0.2) is 9.97 Å². The van der Waals surface area contributed by atoms with Gasteiger partial charge < -0.3 is 19.6 Å². The molecule has 0 atom stereocenters. The maximum atomic E-state index is 8.77. The number of H-pyrrole nitrogens is 1. The van der Waals surface area contributed by atoms with Crippen LogP contribution in [0.25, 0.3) is 33.3 Å². The normalized spacial score (nSPS) is 11.3. The summed E-state index contributed by atoms with van der Waals surface area (Å²) in [6.45, 7) is 1.02. The number of nitrogens with one attached hydrogen (secondary N) is 1. The average Bonchev–Trinajstić information content (AvgIpc) is 3.11. The van der Waals surface area contributed by atoms with Gasteiger partial charge in [0.2, 0.25) is 5.88 Å². The summed E-state index contributed by atoms with van der Waals surface area (Å²) in [7, 11) is 0. The summed E-state index contributed by atoms with van der Waals surface area (Å²) in [6.07, 6.45) is 0. The molecule has 2 heterocycles. The fraction of sp³-hybridized carbons (Fsp3) is 0.200. The first kappa shape index (κ1) is 16.5. The predicted octanol–water partition coefficient (Wildman–Crippen LogP) is 3.17. The van der Waals surface area contributed by atoms with Crippen molar-refractivity contribution < 1.29 is 14.6 Å². The van der Waals surface area contributed by atoms with Crippen molar-refractivity contribution in [3.63, 3.8) is 0 Å². The summed E-state index contributed by atoms with van der Waals surface area (Å²) in [6, 6.07) is 17.8. The second kappa shape index (κ2) is 7.51. The fourth-order valence-electron chi connectivity index (χ4n) is 2.82. The molecule has 0 amide bonds. The van der Waals surface area contributed by atoms with Crippen molar-refractivity contribution in [2.24, 2.45) is 0 Å². The highest BCUT2D eigenvalue weighted by atomic mass is 16.5. The van der Waals surface area contributed by atoms with Crippen LogP contribution in [0.5, 0.6) is 5.88 Å². The van der Waals surface area contributed by atoms with Gasteiger partial charge in [0.1, 0.15) is 12.4 Å². The highest BCUT2D eigenvalue weighted by molar-refractivity contribution is 5.87. The molecule has 2 aromatic carbocycles. The van der Waals surface area contributed by atoms with Crippen molar-refractivity contribution in [3.05, 3.63) is 54.6 Å². The second-order valence-electron chi connectivity index (χ2n) is 5.82. The van der Waals surface area contributed by atoms with E-state index >= 15 is 0 Å². The first-order valence-corrected chi connectivity index (χ1v) is 8.51. The number of aliphatic hydroxyl groups excluding tert-OH is 1. The molecule has 0 saturated carbocycles. The van der Waals surface area contributed by atoms with Crippen molar-refractivity contribution in [3.8, 4) is 17.3 Å². The first-order chi connectivity index (χ1) is 12.8. The summed E-state index contributed by atoms with van der Waals surface area (Å²) < 4.78 is 11.1. The number of rotatable bonds is 7. The number of imidazole rings is 1. The smallest absolute Gasteiger partial charge is 0.225 e. The molecule has 0 aliphatic heterocycles. The lowest BCUT2D eigenvalue weighted by Gasteiger charge is -2.11. The van der Waals surface area contributed by atoms with Gasteiger partial charge in [-0.05, 0) is 24.3 Å². The van der Waals surface area contributed by atoms with Crippen molar-refractivity contribution in [1.82, 2.24) is 15.0 Å². The number of hydrogen-bond acceptors (Lipinski definition) is 5. The second-order valence-corrected chi connectivity index (χ2v) is 5.82. The Morgan fingerprint density at radius 3 is 2.54 bits per heavy atom. The Hall–Kier alpha value is -2.96. The fourth-order valence-corrected chi connectivity index (χ4v) is 2.82. The van der Waals surface area contributed by atoms with Gasteiger partial charge in [-0.3, -0.25) is 0 Å². The number of ether oxygens (including phenoxy) is 2. The van der Waals surface area contributed by atoms with Gasteiger partial charge in [0.05, 0.1) is 41.9 Å². The van der Waals surface area contributed by atoms with Crippen LogP contribution in [0, 0.1) is 0 Å². The lowest BCUT2D eigenvalue weighted by molar-refractivity contribution is 0.0697. The van der Waals surface area contributed by atoms with Gasteiger partial charge in [-0.1, -0.05) is 30.3 Å². The highest BCUT2D eigenvalue weighted by Gasteiger charge is 2.14. The molecule has 2 aromatic heterocycles. The Bertz CT molecular complexity index is 996. The zero-order valence-electron chi connectivity index (χ0n) is 14.2. The Balaban J connectivity index is 1.71. The number of hydrogen-bond donors (Lipinski definition) is 2.